The van der Waals surface area contributed by atoms with E-state index < -0.39 is 6.09 Å². The van der Waals surface area contributed by atoms with Crippen LogP contribution in [0.1, 0.15) is 33.8 Å². The molecule has 0 saturated heterocycles. The maximum atomic E-state index is 12.5. The summed E-state index contributed by atoms with van der Waals surface area (Å²) in [4.78, 5) is 35.8. The van der Waals surface area contributed by atoms with Gasteiger partial charge in [0.15, 0.2) is 0 Å². The monoisotopic (exact) mass is 447 g/mol. The zero-order chi connectivity index (χ0) is 22.3. The summed E-state index contributed by atoms with van der Waals surface area (Å²) in [5.74, 6) is -0.169. The third-order valence-corrected chi connectivity index (χ3v) is 6.22. The van der Waals surface area contributed by atoms with Crippen LogP contribution in [-0.2, 0) is 35.5 Å². The second-order valence-corrected chi connectivity index (χ2v) is 8.34. The average molecular weight is 448 g/mol. The van der Waals surface area contributed by atoms with Gasteiger partial charge < -0.3 is 15.0 Å². The van der Waals surface area contributed by atoms with Crippen LogP contribution in [0.5, 0.6) is 0 Å². The first-order valence-electron chi connectivity index (χ1n) is 10.2. The number of amides is 2. The van der Waals surface area contributed by atoms with E-state index in [1.165, 1.54) is 11.3 Å². The summed E-state index contributed by atoms with van der Waals surface area (Å²) in [6, 6.07) is 13.2. The van der Waals surface area contributed by atoms with E-state index in [0.717, 1.165) is 16.1 Å². The first-order chi connectivity index (χ1) is 15.6. The largest absolute Gasteiger partial charge is 0.443 e. The standard InChI is InChI=1S/C23H21N5O3S/c24-13-19-18-9-12-28(23(30)31-15-17-6-2-4-11-26-17)14-20(18)32-22(19)27-21(29)8-7-16-5-1-3-10-25-16/h1-6,10-11H,7-9,12,14-15H2,(H,27,29). The van der Waals surface area contributed by atoms with Crippen LogP contribution in [0.3, 0.4) is 0 Å². The summed E-state index contributed by atoms with van der Waals surface area (Å²) in [5, 5.41) is 13.1. The normalized spacial score (nSPS) is 12.5. The number of rotatable bonds is 6. The van der Waals surface area contributed by atoms with Crippen LogP contribution in [0, 0.1) is 11.3 Å². The summed E-state index contributed by atoms with van der Waals surface area (Å²) < 4.78 is 5.37. The molecule has 0 bridgehead atoms. The zero-order valence-corrected chi connectivity index (χ0v) is 18.1. The van der Waals surface area contributed by atoms with E-state index in [2.05, 4.69) is 21.4 Å². The number of anilines is 1. The SMILES string of the molecule is N#Cc1c(NC(=O)CCc2ccccn2)sc2c1CCN(C(=O)OCc1ccccn1)C2. The van der Waals surface area contributed by atoms with Gasteiger partial charge in [-0.1, -0.05) is 12.1 Å². The van der Waals surface area contributed by atoms with E-state index in [0.29, 0.717) is 42.2 Å². The topological polar surface area (TPSA) is 108 Å². The predicted octanol–water partition coefficient (Wildman–Crippen LogP) is 3.68. The highest BCUT2D eigenvalue weighted by Crippen LogP contribution is 2.37. The third kappa shape index (κ3) is 5.10. The lowest BCUT2D eigenvalue weighted by Crippen LogP contribution is -2.35. The van der Waals surface area contributed by atoms with Gasteiger partial charge >= 0.3 is 6.09 Å². The number of nitrogens with one attached hydrogen (secondary N) is 1. The molecule has 0 aromatic carbocycles. The smallest absolute Gasteiger partial charge is 0.410 e. The van der Waals surface area contributed by atoms with Gasteiger partial charge in [-0.2, -0.15) is 5.26 Å². The molecule has 0 saturated carbocycles. The Bertz CT molecular complexity index is 1140. The number of nitrogens with zero attached hydrogens (tertiary/aromatic N) is 4. The Morgan fingerprint density at radius 3 is 2.59 bits per heavy atom. The molecule has 3 aromatic rings. The van der Waals surface area contributed by atoms with Crippen LogP contribution in [0.2, 0.25) is 0 Å². The van der Waals surface area contributed by atoms with Crippen molar-refractivity contribution in [3.05, 3.63) is 76.2 Å². The highest BCUT2D eigenvalue weighted by molar-refractivity contribution is 7.16. The first-order valence-corrected chi connectivity index (χ1v) is 11.0. The van der Waals surface area contributed by atoms with Crippen LogP contribution in [-0.4, -0.2) is 33.4 Å². The molecule has 0 aliphatic carbocycles. The summed E-state index contributed by atoms with van der Waals surface area (Å²) in [7, 11) is 0. The molecular formula is C23H21N5O3S. The number of carbonyl (C=O) groups is 2. The fourth-order valence-corrected chi connectivity index (χ4v) is 4.68. The Balaban J connectivity index is 1.37. The van der Waals surface area contributed by atoms with E-state index in [1.54, 1.807) is 29.4 Å². The minimum absolute atomic E-state index is 0.106. The second-order valence-electron chi connectivity index (χ2n) is 7.24. The van der Waals surface area contributed by atoms with Crippen molar-refractivity contribution in [1.29, 1.82) is 5.26 Å². The fraction of sp³-hybridized carbons (Fsp3) is 0.261. The number of hydrogen-bond donors (Lipinski definition) is 1. The van der Waals surface area contributed by atoms with Crippen molar-refractivity contribution in [2.75, 3.05) is 11.9 Å². The van der Waals surface area contributed by atoms with Crippen molar-refractivity contribution in [2.24, 2.45) is 0 Å². The van der Waals surface area contributed by atoms with Gasteiger partial charge in [0.05, 0.1) is 17.8 Å². The van der Waals surface area contributed by atoms with E-state index in [-0.39, 0.29) is 18.9 Å². The Labute approximate surface area is 189 Å². The molecule has 4 rings (SSSR count). The number of aryl methyl sites for hydroxylation is 1. The summed E-state index contributed by atoms with van der Waals surface area (Å²) >= 11 is 1.34. The third-order valence-electron chi connectivity index (χ3n) is 5.08. The lowest BCUT2D eigenvalue weighted by molar-refractivity contribution is -0.116. The number of carbonyl (C=O) groups excluding carboxylic acids is 2. The Kier molecular flexibility index (Phi) is 6.72. The molecule has 8 nitrogen and oxygen atoms in total. The number of ether oxygens (including phenoxy) is 1. The van der Waals surface area contributed by atoms with Crippen molar-refractivity contribution in [3.8, 4) is 6.07 Å². The quantitative estimate of drug-likeness (QED) is 0.618. The Morgan fingerprint density at radius 2 is 1.91 bits per heavy atom. The molecule has 0 spiro atoms. The minimum Gasteiger partial charge on any atom is -0.443 e. The van der Waals surface area contributed by atoms with Crippen molar-refractivity contribution >= 4 is 28.3 Å². The number of fused-ring (bicyclic) bond motifs is 1. The highest BCUT2D eigenvalue weighted by atomic mass is 32.1. The molecule has 0 atom stereocenters. The number of aromatic nitrogens is 2. The van der Waals surface area contributed by atoms with Crippen LogP contribution in [0.4, 0.5) is 9.80 Å². The molecule has 1 aliphatic heterocycles. The van der Waals surface area contributed by atoms with Gasteiger partial charge in [0.25, 0.3) is 0 Å². The summed E-state index contributed by atoms with van der Waals surface area (Å²) in [5.41, 5.74) is 2.90. The lowest BCUT2D eigenvalue weighted by Gasteiger charge is -2.26. The molecule has 1 N–H and O–H groups in total. The van der Waals surface area contributed by atoms with Crippen LogP contribution < -0.4 is 5.32 Å². The molecule has 1 aliphatic rings. The summed E-state index contributed by atoms with van der Waals surface area (Å²) in [6.07, 6.45) is 4.26. The summed E-state index contributed by atoms with van der Waals surface area (Å²) in [6.45, 7) is 0.903. The van der Waals surface area contributed by atoms with Gasteiger partial charge in [-0.3, -0.25) is 14.8 Å². The van der Waals surface area contributed by atoms with Gasteiger partial charge in [-0.05, 0) is 42.7 Å². The molecule has 9 heteroatoms. The first kappa shape index (κ1) is 21.5. The molecule has 4 heterocycles. The Morgan fingerprint density at radius 1 is 1.16 bits per heavy atom. The molecule has 162 valence electrons. The van der Waals surface area contributed by atoms with Gasteiger partial charge in [0, 0.05) is 35.9 Å². The molecule has 32 heavy (non-hydrogen) atoms. The van der Waals surface area contributed by atoms with Crippen LogP contribution >= 0.6 is 11.3 Å². The zero-order valence-electron chi connectivity index (χ0n) is 17.3. The lowest BCUT2D eigenvalue weighted by atomic mass is 10.0. The van der Waals surface area contributed by atoms with Crippen LogP contribution in [0.15, 0.2) is 48.8 Å². The minimum atomic E-state index is -0.422. The van der Waals surface area contributed by atoms with Crippen LogP contribution in [0.25, 0.3) is 0 Å². The second kappa shape index (κ2) is 10.0. The van der Waals surface area contributed by atoms with Gasteiger partial charge in [0.1, 0.15) is 17.7 Å². The van der Waals surface area contributed by atoms with Crippen molar-refractivity contribution in [2.45, 2.75) is 32.4 Å². The average Bonchev–Trinajstić information content (AvgIpc) is 3.18. The van der Waals surface area contributed by atoms with E-state index in [4.69, 9.17) is 4.74 Å². The van der Waals surface area contributed by atoms with E-state index >= 15 is 0 Å². The van der Waals surface area contributed by atoms with Crippen molar-refractivity contribution in [3.63, 3.8) is 0 Å². The van der Waals surface area contributed by atoms with Crippen molar-refractivity contribution < 1.29 is 14.3 Å². The van der Waals surface area contributed by atoms with Gasteiger partial charge in [-0.25, -0.2) is 4.79 Å². The number of pyridine rings is 2. The molecular weight excluding hydrogens is 426 g/mol. The Hall–Kier alpha value is -3.77. The fourth-order valence-electron chi connectivity index (χ4n) is 3.45. The number of thiophene rings is 1. The van der Waals surface area contributed by atoms with Crippen molar-refractivity contribution in [1.82, 2.24) is 14.9 Å². The predicted molar refractivity (Wildman–Crippen MR) is 119 cm³/mol. The molecule has 2 amide bonds. The van der Waals surface area contributed by atoms with E-state index in [9.17, 15) is 14.9 Å². The molecule has 0 radical (unpaired) electrons. The number of hydrogen-bond acceptors (Lipinski definition) is 7. The maximum Gasteiger partial charge on any atom is 0.410 e. The van der Waals surface area contributed by atoms with E-state index in [1.807, 2.05) is 24.3 Å². The number of nitriles is 1. The molecule has 3 aromatic heterocycles. The van der Waals surface area contributed by atoms with Gasteiger partial charge in [-0.15, -0.1) is 11.3 Å². The van der Waals surface area contributed by atoms with Gasteiger partial charge in [0.2, 0.25) is 5.91 Å². The highest BCUT2D eigenvalue weighted by Gasteiger charge is 2.28. The molecule has 0 fully saturated rings. The maximum absolute atomic E-state index is 12.5. The molecule has 0 unspecified atom stereocenters.